The molecule has 9 heteroatoms. The molecule has 0 rings (SSSR count). The molecule has 21 heavy (non-hydrogen) atoms. The second-order valence-electron chi connectivity index (χ2n) is 4.40. The Balaban J connectivity index is 4.92. The molecule has 124 valence electrons. The zero-order chi connectivity index (χ0) is 16.2. The Morgan fingerprint density at radius 2 is 1.05 bits per heavy atom. The van der Waals surface area contributed by atoms with Gasteiger partial charge in [0, 0.05) is 53.4 Å². The molecule has 0 N–H and O–H groups in total. The van der Waals surface area contributed by atoms with Crippen LogP contribution >= 0.6 is 0 Å². The maximum atomic E-state index is 10.5. The molecule has 0 bridgehead atoms. The lowest BCUT2D eigenvalue weighted by Crippen LogP contribution is -2.57. The summed E-state index contributed by atoms with van der Waals surface area (Å²) in [6, 6.07) is 1.02. The molecule has 0 aromatic rings. The van der Waals surface area contributed by atoms with Crippen LogP contribution in [0.1, 0.15) is 25.7 Å². The number of unbranched alkanes of at least 4 members (excludes halogenated alkanes) is 2. The van der Waals surface area contributed by atoms with Crippen molar-refractivity contribution in [3.8, 4) is 0 Å². The first kappa shape index (κ1) is 20.6. The number of rotatable bonds is 14. The third-order valence-electron chi connectivity index (χ3n) is 3.16. The smallest absolute Gasteiger partial charge is 0.377 e. The second-order valence-corrected chi connectivity index (χ2v) is 10.6. The average molecular weight is 339 g/mol. The Hall–Kier alpha value is -0.426. The molecule has 0 aromatic heterocycles. The fourth-order valence-electron chi connectivity index (χ4n) is 1.88. The van der Waals surface area contributed by atoms with Gasteiger partial charge >= 0.3 is 17.6 Å². The molecule has 0 saturated carbocycles. The number of hydrogen-bond acceptors (Lipinski definition) is 7. The van der Waals surface area contributed by atoms with Crippen molar-refractivity contribution in [2.75, 3.05) is 28.4 Å². The molecule has 0 unspecified atom stereocenters. The van der Waals surface area contributed by atoms with E-state index < -0.39 is 17.6 Å². The molecule has 0 aliphatic rings. The largest absolute Gasteiger partial charge is 0.493 e. The highest BCUT2D eigenvalue weighted by Crippen LogP contribution is 2.26. The van der Waals surface area contributed by atoms with Crippen LogP contribution < -0.4 is 0 Å². The minimum Gasteiger partial charge on any atom is -0.377 e. The van der Waals surface area contributed by atoms with E-state index in [0.29, 0.717) is 37.8 Å². The van der Waals surface area contributed by atoms with Crippen molar-refractivity contribution in [3.63, 3.8) is 0 Å². The second kappa shape index (κ2) is 11.2. The van der Waals surface area contributed by atoms with Gasteiger partial charge in [-0.25, -0.2) is 0 Å². The van der Waals surface area contributed by atoms with E-state index in [-0.39, 0.29) is 0 Å². The molecule has 0 amide bonds. The fraction of sp³-hybridized carbons (Fsp3) is 0.833. The van der Waals surface area contributed by atoms with E-state index in [9.17, 15) is 9.59 Å². The lowest BCUT2D eigenvalue weighted by molar-refractivity contribution is -0.108. The van der Waals surface area contributed by atoms with Crippen molar-refractivity contribution < 1.29 is 31.4 Å². The van der Waals surface area contributed by atoms with E-state index in [4.69, 9.17) is 21.8 Å². The summed E-state index contributed by atoms with van der Waals surface area (Å²) >= 11 is 0. The van der Waals surface area contributed by atoms with E-state index in [1.54, 1.807) is 0 Å². The summed E-state index contributed by atoms with van der Waals surface area (Å²) in [7, 11) is 0.174. The molecule has 0 saturated heterocycles. The van der Waals surface area contributed by atoms with Crippen molar-refractivity contribution in [1.29, 1.82) is 0 Å². The Labute approximate surface area is 128 Å². The molecule has 0 fully saturated rings. The molecule has 0 radical (unpaired) electrons. The van der Waals surface area contributed by atoms with Gasteiger partial charge in [0.2, 0.25) is 0 Å². The highest BCUT2D eigenvalue weighted by molar-refractivity contribution is 6.75. The fourth-order valence-corrected chi connectivity index (χ4v) is 8.35. The first-order chi connectivity index (χ1) is 10.1. The summed E-state index contributed by atoms with van der Waals surface area (Å²) in [4.78, 5) is 20.9. The van der Waals surface area contributed by atoms with Gasteiger partial charge in [-0.2, -0.15) is 0 Å². The number of hydrogen-bond donors (Lipinski definition) is 0. The van der Waals surface area contributed by atoms with Crippen LogP contribution in [-0.2, 0) is 31.4 Å². The van der Waals surface area contributed by atoms with Gasteiger partial charge < -0.3 is 31.4 Å². The van der Waals surface area contributed by atoms with Crippen LogP contribution in [0.4, 0.5) is 0 Å². The van der Waals surface area contributed by atoms with Gasteiger partial charge in [0.05, 0.1) is 0 Å². The molecule has 0 atom stereocenters. The molecule has 0 heterocycles. The number of carbonyl (C=O) groups excluding carboxylic acids is 2. The van der Waals surface area contributed by atoms with Crippen LogP contribution in [0.25, 0.3) is 0 Å². The van der Waals surface area contributed by atoms with Crippen molar-refractivity contribution in [1.82, 2.24) is 0 Å². The maximum Gasteiger partial charge on any atom is 0.493 e. The van der Waals surface area contributed by atoms with E-state index in [0.717, 1.165) is 12.6 Å². The third-order valence-corrected chi connectivity index (χ3v) is 10.1. The molecule has 0 aliphatic heterocycles. The van der Waals surface area contributed by atoms with E-state index in [2.05, 4.69) is 0 Å². The number of aldehydes is 2. The van der Waals surface area contributed by atoms with Crippen molar-refractivity contribution >= 4 is 30.2 Å². The first-order valence-corrected chi connectivity index (χ1v) is 10.7. The summed E-state index contributed by atoms with van der Waals surface area (Å²) in [6.45, 7) is 0. The Bertz CT molecular complexity index is 265. The van der Waals surface area contributed by atoms with Crippen molar-refractivity contribution in [3.05, 3.63) is 0 Å². The van der Waals surface area contributed by atoms with Crippen LogP contribution in [0.15, 0.2) is 0 Å². The van der Waals surface area contributed by atoms with Crippen LogP contribution in [0.5, 0.6) is 0 Å². The van der Waals surface area contributed by atoms with E-state index >= 15 is 0 Å². The van der Waals surface area contributed by atoms with Gasteiger partial charge in [-0.05, 0) is 12.8 Å². The summed E-state index contributed by atoms with van der Waals surface area (Å²) in [6.07, 6.45) is 3.78. The Kier molecular flexibility index (Phi) is 11.0. The lowest BCUT2D eigenvalue weighted by atomic mass is 10.4. The lowest BCUT2D eigenvalue weighted by Gasteiger charge is -2.35. The summed E-state index contributed by atoms with van der Waals surface area (Å²) in [5, 5.41) is 0. The number of carbonyl (C=O) groups is 2. The Morgan fingerprint density at radius 1 is 0.714 bits per heavy atom. The van der Waals surface area contributed by atoms with Gasteiger partial charge in [-0.15, -0.1) is 0 Å². The summed E-state index contributed by atoms with van der Waals surface area (Å²) in [5.74, 6) is 0. The zero-order valence-corrected chi connectivity index (χ0v) is 15.3. The zero-order valence-electron chi connectivity index (χ0n) is 13.3. The van der Waals surface area contributed by atoms with Gasteiger partial charge in [0.25, 0.3) is 0 Å². The molecule has 0 aromatic carbocycles. The van der Waals surface area contributed by atoms with Gasteiger partial charge in [0.15, 0.2) is 0 Å². The monoisotopic (exact) mass is 338 g/mol. The summed E-state index contributed by atoms with van der Waals surface area (Å²) < 4.78 is 28.0. The van der Waals surface area contributed by atoms with Crippen LogP contribution in [0.2, 0.25) is 12.1 Å². The normalized spacial score (nSPS) is 12.4. The molecule has 0 aliphatic carbocycles. The SMILES string of the molecule is CO[Si](CCCC=O)(OC)O[Si](CCCC=O)(OC)OC. The van der Waals surface area contributed by atoms with E-state index in [1.165, 1.54) is 28.4 Å². The molecular formula is C12H26O7Si2. The van der Waals surface area contributed by atoms with Crippen molar-refractivity contribution in [2.24, 2.45) is 0 Å². The van der Waals surface area contributed by atoms with Crippen molar-refractivity contribution in [2.45, 2.75) is 37.8 Å². The highest BCUT2D eigenvalue weighted by Gasteiger charge is 2.51. The first-order valence-electron chi connectivity index (χ1n) is 6.85. The summed E-state index contributed by atoms with van der Waals surface area (Å²) in [5.41, 5.74) is 0. The minimum absolute atomic E-state index is 0.421. The predicted octanol–water partition coefficient (Wildman–Crippen LogP) is 1.42. The molecule has 7 nitrogen and oxygen atoms in total. The predicted molar refractivity (Wildman–Crippen MR) is 80.8 cm³/mol. The Morgan fingerprint density at radius 3 is 1.29 bits per heavy atom. The average Bonchev–Trinajstić information content (AvgIpc) is 2.53. The van der Waals surface area contributed by atoms with Gasteiger partial charge in [-0.1, -0.05) is 0 Å². The van der Waals surface area contributed by atoms with E-state index in [1.807, 2.05) is 0 Å². The van der Waals surface area contributed by atoms with Crippen LogP contribution in [0, 0.1) is 0 Å². The van der Waals surface area contributed by atoms with Gasteiger partial charge in [0.1, 0.15) is 12.6 Å². The van der Waals surface area contributed by atoms with Crippen LogP contribution in [0.3, 0.4) is 0 Å². The van der Waals surface area contributed by atoms with Gasteiger partial charge in [-0.3, -0.25) is 0 Å². The quantitative estimate of drug-likeness (QED) is 0.269. The molecule has 0 spiro atoms. The third kappa shape index (κ3) is 6.91. The topological polar surface area (TPSA) is 80.3 Å². The van der Waals surface area contributed by atoms with Crippen LogP contribution in [-0.4, -0.2) is 58.6 Å². The highest BCUT2D eigenvalue weighted by atomic mass is 28.5. The maximum absolute atomic E-state index is 10.5. The minimum atomic E-state index is -2.95. The standard InChI is InChI=1S/C12H26O7Si2/c1-15-20(16-2,11-7-5-9-13)19-21(17-3,18-4)12-8-6-10-14/h9-10H,5-8,11-12H2,1-4H3. The molecular weight excluding hydrogens is 312 g/mol.